The van der Waals surface area contributed by atoms with Gasteiger partial charge in [-0.05, 0) is 18.4 Å². The lowest BCUT2D eigenvalue weighted by atomic mass is 10.0. The van der Waals surface area contributed by atoms with E-state index >= 15 is 0 Å². The van der Waals surface area contributed by atoms with Gasteiger partial charge in [0.05, 0.1) is 7.11 Å². The highest BCUT2D eigenvalue weighted by Crippen LogP contribution is 2.13. The fourth-order valence-electron chi connectivity index (χ4n) is 2.63. The number of esters is 1. The number of piperidine rings is 1. The van der Waals surface area contributed by atoms with Crippen molar-refractivity contribution in [1.29, 1.82) is 0 Å². The van der Waals surface area contributed by atoms with E-state index in [1.165, 1.54) is 12.7 Å². The van der Waals surface area contributed by atoms with E-state index in [1.54, 1.807) is 0 Å². The molecule has 1 aromatic carbocycles. The van der Waals surface area contributed by atoms with Crippen molar-refractivity contribution in [3.63, 3.8) is 0 Å². The first-order valence-electron chi connectivity index (χ1n) is 8.00. The molecule has 2 N–H and O–H groups in total. The summed E-state index contributed by atoms with van der Waals surface area (Å²) >= 11 is 0. The molecule has 130 valence electrons. The Kier molecular flexibility index (Phi) is 6.74. The van der Waals surface area contributed by atoms with Gasteiger partial charge in [0.2, 0.25) is 0 Å². The summed E-state index contributed by atoms with van der Waals surface area (Å²) in [6.45, 7) is 2.31. The van der Waals surface area contributed by atoms with Crippen LogP contribution in [0.2, 0.25) is 0 Å². The van der Waals surface area contributed by atoms with Crippen LogP contribution in [0, 0.1) is 0 Å². The Balaban J connectivity index is 1.69. The number of amides is 2. The third kappa shape index (κ3) is 5.66. The SMILES string of the molecule is COC(=O)CNC(=O)C(=O)NC1CCN(Cc2ccccc2)CC1. The second-order valence-corrected chi connectivity index (χ2v) is 5.77. The zero-order valence-corrected chi connectivity index (χ0v) is 13.8. The summed E-state index contributed by atoms with van der Waals surface area (Å²) < 4.78 is 4.40. The molecule has 0 spiro atoms. The van der Waals surface area contributed by atoms with Gasteiger partial charge < -0.3 is 15.4 Å². The number of ether oxygens (including phenoxy) is 1. The monoisotopic (exact) mass is 333 g/mol. The third-order valence-corrected chi connectivity index (χ3v) is 4.00. The van der Waals surface area contributed by atoms with E-state index in [4.69, 9.17) is 0 Å². The number of likely N-dealkylation sites (tertiary alicyclic amines) is 1. The summed E-state index contributed by atoms with van der Waals surface area (Å²) in [6, 6.07) is 10.2. The molecule has 1 saturated heterocycles. The molecule has 0 unspecified atom stereocenters. The first-order valence-corrected chi connectivity index (χ1v) is 8.00. The Bertz CT molecular complexity index is 568. The molecule has 1 aliphatic rings. The van der Waals surface area contributed by atoms with Crippen LogP contribution < -0.4 is 10.6 Å². The van der Waals surface area contributed by atoms with Gasteiger partial charge in [-0.15, -0.1) is 0 Å². The number of nitrogens with zero attached hydrogens (tertiary/aromatic N) is 1. The van der Waals surface area contributed by atoms with Gasteiger partial charge in [0.25, 0.3) is 0 Å². The van der Waals surface area contributed by atoms with Gasteiger partial charge in [-0.1, -0.05) is 30.3 Å². The molecule has 1 fully saturated rings. The average Bonchev–Trinajstić information content (AvgIpc) is 2.61. The predicted molar refractivity (Wildman–Crippen MR) is 87.9 cm³/mol. The largest absolute Gasteiger partial charge is 0.468 e. The predicted octanol–water partition coefficient (Wildman–Crippen LogP) is 0.0564. The minimum absolute atomic E-state index is 0.0200. The molecule has 1 heterocycles. The average molecular weight is 333 g/mol. The molecule has 0 aliphatic carbocycles. The highest BCUT2D eigenvalue weighted by atomic mass is 16.5. The molecule has 0 aromatic heterocycles. The Hall–Kier alpha value is -2.41. The van der Waals surface area contributed by atoms with E-state index in [2.05, 4.69) is 32.4 Å². The van der Waals surface area contributed by atoms with Gasteiger partial charge in [-0.25, -0.2) is 0 Å². The van der Waals surface area contributed by atoms with Crippen molar-refractivity contribution < 1.29 is 19.1 Å². The quantitative estimate of drug-likeness (QED) is 0.587. The van der Waals surface area contributed by atoms with Crippen molar-refractivity contribution in [3.05, 3.63) is 35.9 Å². The van der Waals surface area contributed by atoms with Gasteiger partial charge >= 0.3 is 17.8 Å². The standard InChI is InChI=1S/C17H23N3O4/c1-24-15(21)11-18-16(22)17(23)19-14-7-9-20(10-8-14)12-13-5-3-2-4-6-13/h2-6,14H,7-12H2,1H3,(H,18,22)(H,19,23). The summed E-state index contributed by atoms with van der Waals surface area (Å²) in [7, 11) is 1.22. The van der Waals surface area contributed by atoms with Gasteiger partial charge in [-0.3, -0.25) is 19.3 Å². The van der Waals surface area contributed by atoms with Gasteiger partial charge in [-0.2, -0.15) is 0 Å². The first kappa shape index (κ1) is 17.9. The second-order valence-electron chi connectivity index (χ2n) is 5.77. The van der Waals surface area contributed by atoms with Crippen molar-refractivity contribution in [3.8, 4) is 0 Å². The van der Waals surface area contributed by atoms with E-state index in [-0.39, 0.29) is 12.6 Å². The van der Waals surface area contributed by atoms with Crippen LogP contribution in [0.25, 0.3) is 0 Å². The molecule has 1 aromatic rings. The molecule has 1 aliphatic heterocycles. The topological polar surface area (TPSA) is 87.7 Å². The van der Waals surface area contributed by atoms with Crippen LogP contribution in [-0.4, -0.2) is 55.5 Å². The van der Waals surface area contributed by atoms with Crippen LogP contribution in [0.1, 0.15) is 18.4 Å². The van der Waals surface area contributed by atoms with Crippen LogP contribution in [0.5, 0.6) is 0 Å². The van der Waals surface area contributed by atoms with Crippen LogP contribution >= 0.6 is 0 Å². The highest BCUT2D eigenvalue weighted by Gasteiger charge is 2.23. The summed E-state index contributed by atoms with van der Waals surface area (Å²) in [6.07, 6.45) is 1.59. The Morgan fingerprint density at radius 2 is 1.79 bits per heavy atom. The number of carbonyl (C=O) groups is 3. The fraction of sp³-hybridized carbons (Fsp3) is 0.471. The number of nitrogens with one attached hydrogen (secondary N) is 2. The maximum absolute atomic E-state index is 11.8. The minimum Gasteiger partial charge on any atom is -0.468 e. The lowest BCUT2D eigenvalue weighted by Crippen LogP contribution is -2.49. The smallest absolute Gasteiger partial charge is 0.325 e. The number of rotatable bonds is 5. The van der Waals surface area contributed by atoms with E-state index in [0.29, 0.717) is 0 Å². The first-order chi connectivity index (χ1) is 11.6. The van der Waals surface area contributed by atoms with Crippen molar-refractivity contribution in [1.82, 2.24) is 15.5 Å². The van der Waals surface area contributed by atoms with Crippen molar-refractivity contribution in [2.45, 2.75) is 25.4 Å². The van der Waals surface area contributed by atoms with Gasteiger partial charge in [0.1, 0.15) is 6.54 Å². The third-order valence-electron chi connectivity index (χ3n) is 4.00. The van der Waals surface area contributed by atoms with E-state index < -0.39 is 17.8 Å². The molecule has 0 radical (unpaired) electrons. The van der Waals surface area contributed by atoms with Crippen molar-refractivity contribution in [2.75, 3.05) is 26.7 Å². The molecule has 24 heavy (non-hydrogen) atoms. The molecule has 2 rings (SSSR count). The molecule has 7 nitrogen and oxygen atoms in total. The molecular formula is C17H23N3O4. The number of hydrogen-bond acceptors (Lipinski definition) is 5. The summed E-state index contributed by atoms with van der Waals surface area (Å²) in [5, 5.41) is 4.94. The maximum Gasteiger partial charge on any atom is 0.325 e. The molecule has 0 saturated carbocycles. The zero-order valence-electron chi connectivity index (χ0n) is 13.8. The van der Waals surface area contributed by atoms with Crippen LogP contribution in [-0.2, 0) is 25.7 Å². The number of hydrogen-bond donors (Lipinski definition) is 2. The fourth-order valence-corrected chi connectivity index (χ4v) is 2.63. The summed E-state index contributed by atoms with van der Waals surface area (Å²) in [4.78, 5) is 36.7. The zero-order chi connectivity index (χ0) is 17.4. The van der Waals surface area contributed by atoms with E-state index in [9.17, 15) is 14.4 Å². The molecule has 0 atom stereocenters. The maximum atomic E-state index is 11.8. The number of carbonyl (C=O) groups excluding carboxylic acids is 3. The van der Waals surface area contributed by atoms with Crippen LogP contribution in [0.4, 0.5) is 0 Å². The highest BCUT2D eigenvalue weighted by molar-refractivity contribution is 6.35. The second kappa shape index (κ2) is 9.02. The number of methoxy groups -OCH3 is 1. The Morgan fingerprint density at radius 1 is 1.12 bits per heavy atom. The van der Waals surface area contributed by atoms with Crippen LogP contribution in [0.15, 0.2) is 30.3 Å². The molecule has 7 heteroatoms. The molecular weight excluding hydrogens is 310 g/mol. The lowest BCUT2D eigenvalue weighted by Gasteiger charge is -2.32. The van der Waals surface area contributed by atoms with Crippen LogP contribution in [0.3, 0.4) is 0 Å². The van der Waals surface area contributed by atoms with Gasteiger partial charge in [0.15, 0.2) is 0 Å². The Labute approximate surface area is 141 Å². The van der Waals surface area contributed by atoms with E-state index in [0.717, 1.165) is 32.5 Å². The molecule has 0 bridgehead atoms. The van der Waals surface area contributed by atoms with Crippen molar-refractivity contribution in [2.24, 2.45) is 0 Å². The normalized spacial score (nSPS) is 15.5. The number of benzene rings is 1. The summed E-state index contributed by atoms with van der Waals surface area (Å²) in [5.41, 5.74) is 1.27. The minimum atomic E-state index is -0.813. The Morgan fingerprint density at radius 3 is 2.42 bits per heavy atom. The lowest BCUT2D eigenvalue weighted by molar-refractivity contribution is -0.143. The van der Waals surface area contributed by atoms with E-state index in [1.807, 2.05) is 18.2 Å². The van der Waals surface area contributed by atoms with Gasteiger partial charge in [0, 0.05) is 25.7 Å². The molecule has 2 amide bonds. The summed E-state index contributed by atoms with van der Waals surface area (Å²) in [5.74, 6) is -2.11. The van der Waals surface area contributed by atoms with Crippen molar-refractivity contribution >= 4 is 17.8 Å².